The normalized spacial score (nSPS) is 13.4. The zero-order chi connectivity index (χ0) is 26.8. The molecule has 0 N–H and O–H groups in total. The second-order valence-electron chi connectivity index (χ2n) is 13.7. The van der Waals surface area contributed by atoms with Crippen molar-refractivity contribution >= 4 is 42.9 Å². The lowest BCUT2D eigenvalue weighted by Gasteiger charge is -2.50. The first-order chi connectivity index (χ1) is 15.8. The summed E-state index contributed by atoms with van der Waals surface area (Å²) in [6.07, 6.45) is 0. The summed E-state index contributed by atoms with van der Waals surface area (Å²) in [5.41, 5.74) is 7.43. The minimum atomic E-state index is -2.83. The molecular formula is C30H46OSi4. The molecule has 0 aliphatic rings. The van der Waals surface area contributed by atoms with Crippen LogP contribution in [0.1, 0.15) is 20.8 Å². The van der Waals surface area contributed by atoms with Crippen molar-refractivity contribution in [1.82, 2.24) is 0 Å². The SMILES string of the molecule is CC(C)(C)[Si](OC(C#C[Si](C)(C)C)(C#C[Si](C)(C)C)[Si](C)(C)C)(c1ccccc1)c1ccccc1. The van der Waals surface area contributed by atoms with Gasteiger partial charge in [-0.2, -0.15) is 0 Å². The summed E-state index contributed by atoms with van der Waals surface area (Å²) >= 11 is 0. The Morgan fingerprint density at radius 3 is 1.17 bits per heavy atom. The van der Waals surface area contributed by atoms with E-state index in [2.05, 4.69) is 163 Å². The van der Waals surface area contributed by atoms with Crippen LogP contribution in [0, 0.1) is 22.9 Å². The summed E-state index contributed by atoms with van der Waals surface area (Å²) in [5.74, 6) is 7.57. The predicted octanol–water partition coefficient (Wildman–Crippen LogP) is 6.94. The Hall–Kier alpha value is -1.61. The predicted molar refractivity (Wildman–Crippen MR) is 167 cm³/mol. The van der Waals surface area contributed by atoms with Crippen molar-refractivity contribution in [3.8, 4) is 22.9 Å². The van der Waals surface area contributed by atoms with Crippen LogP contribution in [0.25, 0.3) is 0 Å². The molecule has 0 bridgehead atoms. The second kappa shape index (κ2) is 10.4. The van der Waals surface area contributed by atoms with Gasteiger partial charge in [0, 0.05) is 0 Å². The molecule has 0 aliphatic carbocycles. The van der Waals surface area contributed by atoms with E-state index in [9.17, 15) is 0 Å². The summed E-state index contributed by atoms with van der Waals surface area (Å²) in [7, 11) is -8.23. The highest BCUT2D eigenvalue weighted by molar-refractivity contribution is 7.00. The maximum atomic E-state index is 7.82. The van der Waals surface area contributed by atoms with E-state index in [0.717, 1.165) is 0 Å². The average Bonchev–Trinajstić information content (AvgIpc) is 2.71. The third kappa shape index (κ3) is 7.21. The van der Waals surface area contributed by atoms with Gasteiger partial charge < -0.3 is 4.43 Å². The van der Waals surface area contributed by atoms with Crippen LogP contribution in [0.5, 0.6) is 0 Å². The van der Waals surface area contributed by atoms with E-state index in [0.29, 0.717) is 0 Å². The molecule has 0 atom stereocenters. The topological polar surface area (TPSA) is 9.23 Å². The lowest BCUT2D eigenvalue weighted by atomic mass is 10.2. The van der Waals surface area contributed by atoms with E-state index in [1.54, 1.807) is 0 Å². The van der Waals surface area contributed by atoms with Gasteiger partial charge in [-0.25, -0.2) is 0 Å². The van der Waals surface area contributed by atoms with Crippen molar-refractivity contribution in [3.63, 3.8) is 0 Å². The molecule has 2 rings (SSSR count). The first-order valence-electron chi connectivity index (χ1n) is 12.7. The van der Waals surface area contributed by atoms with Gasteiger partial charge in [0.15, 0.2) is 5.22 Å². The van der Waals surface area contributed by atoms with Crippen LogP contribution in [0.4, 0.5) is 0 Å². The first kappa shape index (κ1) is 29.6. The fourth-order valence-corrected chi connectivity index (χ4v) is 12.4. The Balaban J connectivity index is 3.07. The van der Waals surface area contributed by atoms with Crippen LogP contribution in [-0.4, -0.2) is 37.8 Å². The highest BCUT2D eigenvalue weighted by atomic mass is 28.4. The van der Waals surface area contributed by atoms with Gasteiger partial charge in [-0.3, -0.25) is 0 Å². The Morgan fingerprint density at radius 1 is 0.571 bits per heavy atom. The van der Waals surface area contributed by atoms with Gasteiger partial charge >= 0.3 is 0 Å². The molecule has 0 unspecified atom stereocenters. The lowest BCUT2D eigenvalue weighted by molar-refractivity contribution is 0.245. The summed E-state index contributed by atoms with van der Waals surface area (Å²) in [6, 6.07) is 21.8. The molecule has 0 heterocycles. The van der Waals surface area contributed by atoms with E-state index in [1.807, 2.05) is 0 Å². The molecule has 0 saturated heterocycles. The highest BCUT2D eigenvalue weighted by Gasteiger charge is 2.57. The van der Waals surface area contributed by atoms with Crippen LogP contribution in [0.3, 0.4) is 0 Å². The largest absolute Gasteiger partial charge is 0.385 e. The monoisotopic (exact) mass is 534 g/mol. The maximum Gasteiger partial charge on any atom is 0.263 e. The highest BCUT2D eigenvalue weighted by Crippen LogP contribution is 2.41. The van der Waals surface area contributed by atoms with Crippen LogP contribution in [0.2, 0.25) is 64.0 Å². The zero-order valence-electron chi connectivity index (χ0n) is 24.2. The molecule has 0 amide bonds. The van der Waals surface area contributed by atoms with Crippen LogP contribution in [-0.2, 0) is 4.43 Å². The van der Waals surface area contributed by atoms with Crippen LogP contribution >= 0.6 is 0 Å². The van der Waals surface area contributed by atoms with Crippen molar-refractivity contribution in [2.45, 2.75) is 90.0 Å². The summed E-state index contributed by atoms with van der Waals surface area (Å²) < 4.78 is 7.82. The quantitative estimate of drug-likeness (QED) is 0.298. The molecule has 0 aromatic heterocycles. The third-order valence-corrected chi connectivity index (χ3v) is 15.4. The Morgan fingerprint density at radius 2 is 0.914 bits per heavy atom. The van der Waals surface area contributed by atoms with Crippen LogP contribution < -0.4 is 10.4 Å². The van der Waals surface area contributed by atoms with Gasteiger partial charge in [0.1, 0.15) is 24.2 Å². The molecule has 0 radical (unpaired) electrons. The summed E-state index contributed by atoms with van der Waals surface area (Å²) in [5, 5.41) is 1.69. The number of hydrogen-bond acceptors (Lipinski definition) is 1. The van der Waals surface area contributed by atoms with Crippen molar-refractivity contribution in [2.24, 2.45) is 0 Å². The van der Waals surface area contributed by atoms with Gasteiger partial charge in [0.2, 0.25) is 0 Å². The average molecular weight is 535 g/mol. The smallest absolute Gasteiger partial charge is 0.263 e. The van der Waals surface area contributed by atoms with E-state index < -0.39 is 37.8 Å². The molecule has 2 aromatic rings. The maximum absolute atomic E-state index is 7.82. The molecule has 0 saturated carbocycles. The molecule has 5 heteroatoms. The van der Waals surface area contributed by atoms with E-state index in [4.69, 9.17) is 4.43 Å². The Bertz CT molecular complexity index is 1030. The van der Waals surface area contributed by atoms with Gasteiger partial charge in [-0.15, -0.1) is 11.1 Å². The van der Waals surface area contributed by atoms with E-state index in [1.165, 1.54) is 10.4 Å². The van der Waals surface area contributed by atoms with Crippen molar-refractivity contribution in [3.05, 3.63) is 60.7 Å². The van der Waals surface area contributed by atoms with Crippen molar-refractivity contribution in [2.75, 3.05) is 0 Å². The standard InChI is InChI=1S/C30H46OSi4/c1-29(2,3)35(27-19-15-13-16-20-27,28-21-17-14-18-22-28)31-30(34(10,11)12,23-25-32(4,5)6)24-26-33(7,8)9/h13-22H,1-12H3. The second-order valence-corrected chi connectivity index (χ2v) is 32.6. The Labute approximate surface area is 220 Å². The molecule has 0 spiro atoms. The number of benzene rings is 2. The van der Waals surface area contributed by atoms with Crippen LogP contribution in [0.15, 0.2) is 60.7 Å². The first-order valence-corrected chi connectivity index (χ1v) is 25.1. The number of hydrogen-bond donors (Lipinski definition) is 0. The molecular weight excluding hydrogens is 489 g/mol. The summed E-state index contributed by atoms with van der Waals surface area (Å²) in [4.78, 5) is 0. The van der Waals surface area contributed by atoms with E-state index in [-0.39, 0.29) is 5.04 Å². The summed E-state index contributed by atoms with van der Waals surface area (Å²) in [6.45, 7) is 28.0. The van der Waals surface area contributed by atoms with Gasteiger partial charge in [-0.1, -0.05) is 152 Å². The fourth-order valence-electron chi connectivity index (χ4n) is 4.04. The molecule has 35 heavy (non-hydrogen) atoms. The fraction of sp³-hybridized carbons (Fsp3) is 0.467. The molecule has 188 valence electrons. The van der Waals surface area contributed by atoms with E-state index >= 15 is 0 Å². The van der Waals surface area contributed by atoms with Gasteiger partial charge in [0.25, 0.3) is 8.32 Å². The zero-order valence-corrected chi connectivity index (χ0v) is 28.2. The van der Waals surface area contributed by atoms with Gasteiger partial charge in [0.05, 0.1) is 0 Å². The number of rotatable bonds is 5. The molecule has 2 aromatic carbocycles. The third-order valence-electron chi connectivity index (χ3n) is 6.01. The lowest BCUT2D eigenvalue weighted by Crippen LogP contribution is -2.72. The van der Waals surface area contributed by atoms with Crippen molar-refractivity contribution < 1.29 is 4.43 Å². The van der Waals surface area contributed by atoms with Gasteiger partial charge in [-0.05, 0) is 15.4 Å². The Kier molecular flexibility index (Phi) is 8.80. The molecule has 1 nitrogen and oxygen atoms in total. The molecule has 0 fully saturated rings. The molecule has 0 aliphatic heterocycles. The minimum Gasteiger partial charge on any atom is -0.385 e. The minimum absolute atomic E-state index is 0.123. The van der Waals surface area contributed by atoms with Crippen molar-refractivity contribution in [1.29, 1.82) is 0 Å².